The fourth-order valence-corrected chi connectivity index (χ4v) is 4.68. The van der Waals surface area contributed by atoms with Gasteiger partial charge in [-0.15, -0.1) is 0 Å². The Kier molecular flexibility index (Phi) is 8.86. The van der Waals surface area contributed by atoms with Crippen molar-refractivity contribution in [2.75, 3.05) is 20.3 Å². The normalized spacial score (nSPS) is 16.4. The molecule has 1 saturated heterocycles. The van der Waals surface area contributed by atoms with Crippen LogP contribution in [0.3, 0.4) is 0 Å². The summed E-state index contributed by atoms with van der Waals surface area (Å²) in [5, 5.41) is 11.5. The quantitative estimate of drug-likeness (QED) is 0.149. The van der Waals surface area contributed by atoms with E-state index in [0.717, 1.165) is 24.0 Å². The van der Waals surface area contributed by atoms with Crippen molar-refractivity contribution in [3.8, 4) is 17.2 Å². The van der Waals surface area contributed by atoms with Gasteiger partial charge in [-0.1, -0.05) is 25.5 Å². The van der Waals surface area contributed by atoms with Crippen molar-refractivity contribution in [2.45, 2.75) is 46.2 Å². The number of hydrogen-bond acceptors (Lipinski definition) is 7. The third-order valence-corrected chi connectivity index (χ3v) is 6.64. The van der Waals surface area contributed by atoms with E-state index in [2.05, 4.69) is 11.9 Å². The Morgan fingerprint density at radius 2 is 1.87 bits per heavy atom. The first-order valence-corrected chi connectivity index (χ1v) is 13.1. The lowest BCUT2D eigenvalue weighted by molar-refractivity contribution is -0.140. The van der Waals surface area contributed by atoms with Crippen molar-refractivity contribution in [3.05, 3.63) is 88.8 Å². The zero-order valence-corrected chi connectivity index (χ0v) is 22.8. The molecule has 0 unspecified atom stereocenters. The lowest BCUT2D eigenvalue weighted by Gasteiger charge is -2.26. The van der Waals surface area contributed by atoms with Crippen LogP contribution in [0.15, 0.2) is 66.5 Å². The van der Waals surface area contributed by atoms with Crippen LogP contribution in [-0.4, -0.2) is 47.0 Å². The second-order valence-electron chi connectivity index (χ2n) is 9.31. The topological polar surface area (TPSA) is 98.2 Å². The average Bonchev–Trinajstić information content (AvgIpc) is 3.19. The minimum atomic E-state index is -0.852. The molecule has 1 amide bonds. The Balaban J connectivity index is 1.82. The molecule has 0 spiro atoms. The average molecular weight is 531 g/mol. The number of aromatic nitrogens is 1. The van der Waals surface area contributed by atoms with Gasteiger partial charge in [0.15, 0.2) is 11.5 Å². The van der Waals surface area contributed by atoms with Gasteiger partial charge in [0.2, 0.25) is 0 Å². The molecule has 2 heterocycles. The van der Waals surface area contributed by atoms with Crippen LogP contribution in [0.2, 0.25) is 0 Å². The van der Waals surface area contributed by atoms with Crippen molar-refractivity contribution in [1.82, 2.24) is 9.88 Å². The van der Waals surface area contributed by atoms with Gasteiger partial charge in [0, 0.05) is 24.5 Å². The van der Waals surface area contributed by atoms with E-state index in [1.807, 2.05) is 26.0 Å². The van der Waals surface area contributed by atoms with Crippen LogP contribution in [-0.2, 0) is 16.1 Å². The van der Waals surface area contributed by atoms with Crippen LogP contribution in [0.1, 0.15) is 55.0 Å². The maximum absolute atomic E-state index is 13.5. The first kappa shape index (κ1) is 27.7. The van der Waals surface area contributed by atoms with E-state index in [-0.39, 0.29) is 17.9 Å². The molecule has 1 aliphatic heterocycles. The Bertz CT molecular complexity index is 1370. The molecule has 0 bridgehead atoms. The number of rotatable bonds is 11. The summed E-state index contributed by atoms with van der Waals surface area (Å²) in [7, 11) is 1.53. The van der Waals surface area contributed by atoms with E-state index in [1.54, 1.807) is 48.8 Å². The third-order valence-electron chi connectivity index (χ3n) is 6.64. The van der Waals surface area contributed by atoms with E-state index in [0.29, 0.717) is 41.6 Å². The molecule has 4 rings (SSSR count). The summed E-state index contributed by atoms with van der Waals surface area (Å²) in [6, 6.07) is 13.3. The fourth-order valence-electron chi connectivity index (χ4n) is 4.68. The van der Waals surface area contributed by atoms with Crippen LogP contribution in [0.5, 0.6) is 17.2 Å². The summed E-state index contributed by atoms with van der Waals surface area (Å²) >= 11 is 0. The van der Waals surface area contributed by atoms with Gasteiger partial charge in [0.25, 0.3) is 11.7 Å². The molecule has 2 aromatic carbocycles. The Hall–Kier alpha value is -4.33. The number of benzene rings is 2. The van der Waals surface area contributed by atoms with Crippen molar-refractivity contribution in [2.24, 2.45) is 0 Å². The summed E-state index contributed by atoms with van der Waals surface area (Å²) in [6.07, 6.45) is 5.25. The van der Waals surface area contributed by atoms with Crippen LogP contribution in [0.25, 0.3) is 5.76 Å². The predicted molar refractivity (Wildman–Crippen MR) is 148 cm³/mol. The fraction of sp³-hybridized carbons (Fsp3) is 0.323. The molecule has 1 N–H and O–H groups in total. The number of carbonyl (C=O) groups excluding carboxylic acids is 2. The Labute approximate surface area is 228 Å². The molecule has 1 aliphatic rings. The first-order chi connectivity index (χ1) is 18.9. The summed E-state index contributed by atoms with van der Waals surface area (Å²) < 4.78 is 17.0. The molecular formula is C31H34N2O6. The second-order valence-corrected chi connectivity index (χ2v) is 9.31. The SMILES string of the molecule is CCCCOc1ccc(/C(O)=C2\C(=O)C(=O)N(Cc3cccnc3)[C@@H]2c2ccc(OCC)c(OC)c2)c(C)c1. The summed E-state index contributed by atoms with van der Waals surface area (Å²) in [6.45, 7) is 6.99. The monoisotopic (exact) mass is 530 g/mol. The molecule has 1 atom stereocenters. The smallest absolute Gasteiger partial charge is 0.295 e. The van der Waals surface area contributed by atoms with Gasteiger partial charge in [-0.05, 0) is 73.4 Å². The van der Waals surface area contributed by atoms with Crippen LogP contribution >= 0.6 is 0 Å². The van der Waals surface area contributed by atoms with Crippen molar-refractivity contribution < 1.29 is 28.9 Å². The summed E-state index contributed by atoms with van der Waals surface area (Å²) in [4.78, 5) is 32.5. The van der Waals surface area contributed by atoms with Gasteiger partial charge >= 0.3 is 0 Å². The number of amides is 1. The zero-order chi connectivity index (χ0) is 27.9. The van der Waals surface area contributed by atoms with Crippen molar-refractivity contribution >= 4 is 17.4 Å². The minimum absolute atomic E-state index is 0.0119. The van der Waals surface area contributed by atoms with Crippen LogP contribution in [0, 0.1) is 6.92 Å². The molecular weight excluding hydrogens is 496 g/mol. The Morgan fingerprint density at radius 1 is 1.05 bits per heavy atom. The zero-order valence-electron chi connectivity index (χ0n) is 22.8. The molecule has 204 valence electrons. The molecule has 1 fully saturated rings. The lowest BCUT2D eigenvalue weighted by atomic mass is 9.93. The highest BCUT2D eigenvalue weighted by Crippen LogP contribution is 2.43. The predicted octanol–water partition coefficient (Wildman–Crippen LogP) is 5.60. The van der Waals surface area contributed by atoms with E-state index in [1.165, 1.54) is 12.0 Å². The van der Waals surface area contributed by atoms with Gasteiger partial charge in [-0.25, -0.2) is 0 Å². The molecule has 0 saturated carbocycles. The number of unbranched alkanes of at least 4 members (excludes halogenated alkanes) is 1. The number of ketones is 1. The number of aliphatic hydroxyl groups excluding tert-OH is 1. The third kappa shape index (κ3) is 5.90. The van der Waals surface area contributed by atoms with E-state index in [9.17, 15) is 14.7 Å². The highest BCUT2D eigenvalue weighted by atomic mass is 16.5. The highest BCUT2D eigenvalue weighted by molar-refractivity contribution is 6.46. The Morgan fingerprint density at radius 3 is 2.54 bits per heavy atom. The second kappa shape index (κ2) is 12.5. The number of aryl methyl sites for hydroxylation is 1. The number of ether oxygens (including phenoxy) is 3. The van der Waals surface area contributed by atoms with Gasteiger partial charge in [0.05, 0.1) is 31.9 Å². The number of nitrogens with zero attached hydrogens (tertiary/aromatic N) is 2. The lowest BCUT2D eigenvalue weighted by Crippen LogP contribution is -2.29. The van der Waals surface area contributed by atoms with Crippen LogP contribution in [0.4, 0.5) is 0 Å². The molecule has 3 aromatic rings. The molecule has 8 nitrogen and oxygen atoms in total. The number of Topliss-reactive ketones (excluding diaryl/α,β-unsaturated/α-hetero) is 1. The standard InChI is InChI=1S/C31H34N2O6/c1-5-7-15-39-23-11-12-24(20(3)16-23)29(34)27-28(22-10-13-25(38-6-2)26(17-22)37-4)33(31(36)30(27)35)19-21-9-8-14-32-18-21/h8-14,16-18,28,34H,5-7,15,19H2,1-4H3/b29-27+/t28-/m1/s1. The van der Waals surface area contributed by atoms with Gasteiger partial charge < -0.3 is 24.2 Å². The largest absolute Gasteiger partial charge is 0.507 e. The number of aliphatic hydroxyl groups is 1. The summed E-state index contributed by atoms with van der Waals surface area (Å²) in [5.74, 6) is 0.000657. The number of pyridine rings is 1. The van der Waals surface area contributed by atoms with E-state index in [4.69, 9.17) is 14.2 Å². The number of carbonyl (C=O) groups is 2. The van der Waals surface area contributed by atoms with Crippen molar-refractivity contribution in [3.63, 3.8) is 0 Å². The molecule has 0 radical (unpaired) electrons. The highest BCUT2D eigenvalue weighted by Gasteiger charge is 2.46. The minimum Gasteiger partial charge on any atom is -0.507 e. The van der Waals surface area contributed by atoms with Gasteiger partial charge in [-0.3, -0.25) is 14.6 Å². The molecule has 39 heavy (non-hydrogen) atoms. The molecule has 0 aliphatic carbocycles. The number of likely N-dealkylation sites (tertiary alicyclic amines) is 1. The number of hydrogen-bond donors (Lipinski definition) is 1. The summed E-state index contributed by atoms with van der Waals surface area (Å²) in [5.41, 5.74) is 2.56. The maximum Gasteiger partial charge on any atom is 0.295 e. The number of methoxy groups -OCH3 is 1. The maximum atomic E-state index is 13.5. The van der Waals surface area contributed by atoms with Gasteiger partial charge in [-0.2, -0.15) is 0 Å². The molecule has 1 aromatic heterocycles. The van der Waals surface area contributed by atoms with E-state index >= 15 is 0 Å². The first-order valence-electron chi connectivity index (χ1n) is 13.1. The van der Waals surface area contributed by atoms with E-state index < -0.39 is 17.7 Å². The molecule has 8 heteroatoms. The van der Waals surface area contributed by atoms with Crippen LogP contribution < -0.4 is 14.2 Å². The van der Waals surface area contributed by atoms with Crippen molar-refractivity contribution in [1.29, 1.82) is 0 Å². The van der Waals surface area contributed by atoms with Gasteiger partial charge in [0.1, 0.15) is 11.5 Å².